The number of nitrogens with one attached hydrogen (secondary N) is 2. The summed E-state index contributed by atoms with van der Waals surface area (Å²) in [4.78, 5) is 22.4. The summed E-state index contributed by atoms with van der Waals surface area (Å²) in [6.45, 7) is 2.66. The number of hydrogen-bond acceptors (Lipinski definition) is 3. The third-order valence-electron chi connectivity index (χ3n) is 2.20. The zero-order valence-electron chi connectivity index (χ0n) is 9.93. The third-order valence-corrected chi connectivity index (χ3v) is 2.94. The molecule has 1 amide bonds. The maximum atomic E-state index is 11.8. The van der Waals surface area contributed by atoms with Crippen molar-refractivity contribution in [3.8, 4) is 0 Å². The van der Waals surface area contributed by atoms with E-state index in [0.29, 0.717) is 28.7 Å². The van der Waals surface area contributed by atoms with Crippen LogP contribution in [0.1, 0.15) is 17.3 Å². The van der Waals surface area contributed by atoms with Crippen molar-refractivity contribution >= 4 is 34.9 Å². The average molecular weight is 289 g/mol. The van der Waals surface area contributed by atoms with E-state index < -0.39 is 0 Å². The van der Waals surface area contributed by atoms with Gasteiger partial charge in [0.2, 0.25) is 5.91 Å². The molecule has 0 heterocycles. The first-order valence-corrected chi connectivity index (χ1v) is 6.19. The summed E-state index contributed by atoms with van der Waals surface area (Å²) in [7, 11) is 0. The molecule has 0 saturated carbocycles. The first kappa shape index (κ1) is 15.0. The lowest BCUT2D eigenvalue weighted by molar-refractivity contribution is -0.118. The van der Waals surface area contributed by atoms with Crippen molar-refractivity contribution in [2.75, 3.05) is 19.6 Å². The van der Waals surface area contributed by atoms with Gasteiger partial charge >= 0.3 is 0 Å². The van der Waals surface area contributed by atoms with Crippen LogP contribution in [0.25, 0.3) is 0 Å². The Labute approximate surface area is 116 Å². The summed E-state index contributed by atoms with van der Waals surface area (Å²) in [5.74, 6) is -0.163. The number of Topliss-reactive ketones (excluding diaryl/α,β-unsaturated/α-hetero) is 1. The molecule has 18 heavy (non-hydrogen) atoms. The zero-order chi connectivity index (χ0) is 13.5. The largest absolute Gasteiger partial charge is 0.355 e. The normalized spacial score (nSPS) is 10.2. The van der Waals surface area contributed by atoms with E-state index >= 15 is 0 Å². The monoisotopic (exact) mass is 288 g/mol. The van der Waals surface area contributed by atoms with E-state index in [0.717, 1.165) is 0 Å². The van der Waals surface area contributed by atoms with Crippen molar-refractivity contribution in [1.29, 1.82) is 0 Å². The summed E-state index contributed by atoms with van der Waals surface area (Å²) < 4.78 is 0. The second kappa shape index (κ2) is 7.36. The maximum absolute atomic E-state index is 11.8. The first-order chi connectivity index (χ1) is 8.50. The molecular formula is C12H14Cl2N2O2. The Bertz CT molecular complexity index is 450. The van der Waals surface area contributed by atoms with Crippen LogP contribution < -0.4 is 10.6 Å². The number of carbonyl (C=O) groups excluding carboxylic acids is 2. The van der Waals surface area contributed by atoms with Crippen molar-refractivity contribution in [3.63, 3.8) is 0 Å². The van der Waals surface area contributed by atoms with Gasteiger partial charge in [0.15, 0.2) is 5.78 Å². The standard InChI is InChI=1S/C12H14Cl2N2O2/c1-8(17)16-5-4-15-7-12(18)9-2-3-10(13)11(14)6-9/h2-3,6,15H,4-5,7H2,1H3,(H,16,17). The highest BCUT2D eigenvalue weighted by molar-refractivity contribution is 6.42. The van der Waals surface area contributed by atoms with Gasteiger partial charge in [-0.2, -0.15) is 0 Å². The average Bonchev–Trinajstić information content (AvgIpc) is 2.31. The highest BCUT2D eigenvalue weighted by Gasteiger charge is 2.07. The molecule has 0 atom stereocenters. The van der Waals surface area contributed by atoms with Gasteiger partial charge in [-0.1, -0.05) is 23.2 Å². The molecule has 1 rings (SSSR count). The summed E-state index contributed by atoms with van der Waals surface area (Å²) in [6.07, 6.45) is 0. The minimum atomic E-state index is -0.0902. The quantitative estimate of drug-likeness (QED) is 0.621. The van der Waals surface area contributed by atoms with Crippen molar-refractivity contribution in [3.05, 3.63) is 33.8 Å². The molecule has 0 aromatic heterocycles. The van der Waals surface area contributed by atoms with Crippen molar-refractivity contribution in [1.82, 2.24) is 10.6 Å². The Morgan fingerprint density at radius 3 is 2.50 bits per heavy atom. The van der Waals surface area contributed by atoms with Crippen LogP contribution in [0.15, 0.2) is 18.2 Å². The van der Waals surface area contributed by atoms with Crippen LogP contribution in [0.3, 0.4) is 0 Å². The van der Waals surface area contributed by atoms with Crippen LogP contribution in [0.2, 0.25) is 10.0 Å². The summed E-state index contributed by atoms with van der Waals surface area (Å²) >= 11 is 11.6. The lowest BCUT2D eigenvalue weighted by Gasteiger charge is -2.05. The molecule has 1 aromatic rings. The van der Waals surface area contributed by atoms with E-state index in [1.807, 2.05) is 0 Å². The molecule has 4 nitrogen and oxygen atoms in total. The molecule has 0 fully saturated rings. The number of benzene rings is 1. The summed E-state index contributed by atoms with van der Waals surface area (Å²) in [5, 5.41) is 6.34. The van der Waals surface area contributed by atoms with Crippen LogP contribution in [0.4, 0.5) is 0 Å². The fourth-order valence-electron chi connectivity index (χ4n) is 1.30. The molecule has 0 bridgehead atoms. The molecule has 0 saturated heterocycles. The molecule has 0 aliphatic carbocycles. The fraction of sp³-hybridized carbons (Fsp3) is 0.333. The van der Waals surface area contributed by atoms with E-state index in [4.69, 9.17) is 23.2 Å². The van der Waals surface area contributed by atoms with Crippen molar-refractivity contribution in [2.45, 2.75) is 6.92 Å². The first-order valence-electron chi connectivity index (χ1n) is 5.44. The topological polar surface area (TPSA) is 58.2 Å². The highest BCUT2D eigenvalue weighted by atomic mass is 35.5. The van der Waals surface area contributed by atoms with Gasteiger partial charge in [0.1, 0.15) is 0 Å². The summed E-state index contributed by atoms with van der Waals surface area (Å²) in [6, 6.07) is 4.77. The predicted octanol–water partition coefficient (Wildman–Crippen LogP) is 1.90. The molecule has 0 aliphatic rings. The Morgan fingerprint density at radius 1 is 1.17 bits per heavy atom. The van der Waals surface area contributed by atoms with Gasteiger partial charge in [0.05, 0.1) is 16.6 Å². The van der Waals surface area contributed by atoms with Crippen LogP contribution in [0.5, 0.6) is 0 Å². The van der Waals surface area contributed by atoms with Gasteiger partial charge in [-0.3, -0.25) is 9.59 Å². The van der Waals surface area contributed by atoms with Crippen LogP contribution >= 0.6 is 23.2 Å². The minimum absolute atomic E-state index is 0.0728. The number of hydrogen-bond donors (Lipinski definition) is 2. The van der Waals surface area contributed by atoms with E-state index in [-0.39, 0.29) is 18.2 Å². The third kappa shape index (κ3) is 5.04. The molecule has 98 valence electrons. The molecule has 0 radical (unpaired) electrons. The Hall–Kier alpha value is -1.10. The molecule has 6 heteroatoms. The van der Waals surface area contributed by atoms with Gasteiger partial charge < -0.3 is 10.6 Å². The SMILES string of the molecule is CC(=O)NCCNCC(=O)c1ccc(Cl)c(Cl)c1. The molecular weight excluding hydrogens is 275 g/mol. The zero-order valence-corrected chi connectivity index (χ0v) is 11.4. The van der Waals surface area contributed by atoms with E-state index in [9.17, 15) is 9.59 Å². The molecule has 1 aromatic carbocycles. The minimum Gasteiger partial charge on any atom is -0.355 e. The second-order valence-corrected chi connectivity index (χ2v) is 4.53. The number of rotatable bonds is 6. The van der Waals surface area contributed by atoms with Crippen molar-refractivity contribution in [2.24, 2.45) is 0 Å². The van der Waals surface area contributed by atoms with E-state index in [1.165, 1.54) is 6.92 Å². The molecule has 0 aliphatic heterocycles. The van der Waals surface area contributed by atoms with Gasteiger partial charge in [0.25, 0.3) is 0 Å². The number of halogens is 2. The molecule has 0 spiro atoms. The Balaban J connectivity index is 2.36. The molecule has 2 N–H and O–H groups in total. The van der Waals surface area contributed by atoms with Gasteiger partial charge in [0, 0.05) is 25.6 Å². The van der Waals surface area contributed by atoms with Crippen LogP contribution in [-0.2, 0) is 4.79 Å². The van der Waals surface area contributed by atoms with Gasteiger partial charge in [-0.25, -0.2) is 0 Å². The van der Waals surface area contributed by atoms with Crippen molar-refractivity contribution < 1.29 is 9.59 Å². The smallest absolute Gasteiger partial charge is 0.216 e. The maximum Gasteiger partial charge on any atom is 0.216 e. The Morgan fingerprint density at radius 2 is 1.89 bits per heavy atom. The summed E-state index contributed by atoms with van der Waals surface area (Å²) in [5.41, 5.74) is 0.511. The lowest BCUT2D eigenvalue weighted by Crippen LogP contribution is -2.32. The Kier molecular flexibility index (Phi) is 6.12. The fourth-order valence-corrected chi connectivity index (χ4v) is 1.60. The van der Waals surface area contributed by atoms with E-state index in [1.54, 1.807) is 18.2 Å². The predicted molar refractivity (Wildman–Crippen MR) is 72.3 cm³/mol. The number of amides is 1. The van der Waals surface area contributed by atoms with E-state index in [2.05, 4.69) is 10.6 Å². The van der Waals surface area contributed by atoms with Crippen LogP contribution in [-0.4, -0.2) is 31.3 Å². The number of ketones is 1. The van der Waals surface area contributed by atoms with Gasteiger partial charge in [-0.15, -0.1) is 0 Å². The lowest BCUT2D eigenvalue weighted by atomic mass is 10.1. The highest BCUT2D eigenvalue weighted by Crippen LogP contribution is 2.22. The second-order valence-electron chi connectivity index (χ2n) is 3.71. The number of carbonyl (C=O) groups is 2. The van der Waals surface area contributed by atoms with Gasteiger partial charge in [-0.05, 0) is 18.2 Å². The van der Waals surface area contributed by atoms with Crippen LogP contribution in [0, 0.1) is 0 Å². The molecule has 0 unspecified atom stereocenters.